The van der Waals surface area contributed by atoms with E-state index in [2.05, 4.69) is 30.8 Å². The molecule has 4 fully saturated rings. The van der Waals surface area contributed by atoms with Crippen molar-refractivity contribution in [3.05, 3.63) is 131 Å². The molecule has 0 spiro atoms. The monoisotopic (exact) mass is 996 g/mol. The van der Waals surface area contributed by atoms with Gasteiger partial charge in [-0.1, -0.05) is 22.4 Å². The molecule has 8 aromatic rings. The number of hydrogen-bond acceptors (Lipinski definition) is 10. The number of nitrogens with zero attached hydrogens (tertiary/aromatic N) is 9. The Balaban J connectivity index is 0.000000158. The highest BCUT2D eigenvalue weighted by atomic mass is 19.2. The van der Waals surface area contributed by atoms with Gasteiger partial charge >= 0.3 is 0 Å². The van der Waals surface area contributed by atoms with E-state index in [1.54, 1.807) is 11.8 Å². The van der Waals surface area contributed by atoms with Gasteiger partial charge in [0.15, 0.2) is 23.3 Å². The van der Waals surface area contributed by atoms with Crippen LogP contribution < -0.4 is 15.1 Å². The Morgan fingerprint density at radius 1 is 0.616 bits per heavy atom. The first kappa shape index (κ1) is 47.6. The molecule has 4 aliphatic rings. The average molecular weight is 997 g/mol. The predicted molar refractivity (Wildman–Crippen MR) is 263 cm³/mol. The van der Waals surface area contributed by atoms with Gasteiger partial charge in [0.2, 0.25) is 17.7 Å². The van der Waals surface area contributed by atoms with Crippen LogP contribution >= 0.6 is 0 Å². The van der Waals surface area contributed by atoms with Gasteiger partial charge in [-0.05, 0) is 120 Å². The number of carbonyl (C=O) groups is 3. The molecule has 4 aromatic heterocycles. The number of anilines is 2. The van der Waals surface area contributed by atoms with Crippen LogP contribution in [0.4, 0.5) is 28.9 Å². The molecule has 1 N–H and O–H groups in total. The highest BCUT2D eigenvalue weighted by molar-refractivity contribution is 5.97. The van der Waals surface area contributed by atoms with E-state index in [0.29, 0.717) is 55.3 Å². The summed E-state index contributed by atoms with van der Waals surface area (Å²) in [7, 11) is 0. The molecule has 3 amide bonds. The molecule has 0 bridgehead atoms. The summed E-state index contributed by atoms with van der Waals surface area (Å²) in [6, 6.07) is 18.6. The summed E-state index contributed by atoms with van der Waals surface area (Å²) in [5.74, 6) is -1.29. The average Bonchev–Trinajstić information content (AvgIpc) is 4.24. The van der Waals surface area contributed by atoms with Crippen molar-refractivity contribution in [3.8, 4) is 22.3 Å². The molecular formula is C54H52F4N10O5. The van der Waals surface area contributed by atoms with Gasteiger partial charge in [-0.25, -0.2) is 27.5 Å². The predicted octanol–water partition coefficient (Wildman–Crippen LogP) is 10.2. The molecule has 0 saturated carbocycles. The van der Waals surface area contributed by atoms with Crippen LogP contribution in [0, 0.1) is 51.0 Å². The number of benzene rings is 4. The lowest BCUT2D eigenvalue weighted by atomic mass is 10.0. The molecule has 0 unspecified atom stereocenters. The van der Waals surface area contributed by atoms with Crippen LogP contribution in [0.5, 0.6) is 0 Å². The molecule has 4 atom stereocenters. The van der Waals surface area contributed by atoms with Crippen molar-refractivity contribution in [2.24, 2.45) is 0 Å². The highest BCUT2D eigenvalue weighted by Crippen LogP contribution is 2.43. The number of fused-ring (bicyclic) bond motifs is 2. The van der Waals surface area contributed by atoms with Crippen molar-refractivity contribution >= 4 is 51.2 Å². The van der Waals surface area contributed by atoms with Gasteiger partial charge < -0.3 is 38.2 Å². The Bertz CT molecular complexity index is 3460. The van der Waals surface area contributed by atoms with Crippen LogP contribution in [0.1, 0.15) is 104 Å². The molecule has 376 valence electrons. The van der Waals surface area contributed by atoms with E-state index in [1.165, 1.54) is 17.0 Å². The smallest absolute Gasteiger partial charge is 0.227 e. The number of rotatable bonds is 8. The first-order valence-corrected chi connectivity index (χ1v) is 24.6. The summed E-state index contributed by atoms with van der Waals surface area (Å²) < 4.78 is 70.6. The highest BCUT2D eigenvalue weighted by Gasteiger charge is 2.41. The molecule has 4 aliphatic heterocycles. The summed E-state index contributed by atoms with van der Waals surface area (Å²) in [5.41, 5.74) is 9.39. The summed E-state index contributed by atoms with van der Waals surface area (Å²) >= 11 is 0. The number of hydrogen-bond donors (Lipinski definition) is 1. The van der Waals surface area contributed by atoms with Crippen LogP contribution in [0.3, 0.4) is 0 Å². The first-order valence-electron chi connectivity index (χ1n) is 24.6. The quantitative estimate of drug-likeness (QED) is 0.145. The Kier molecular flexibility index (Phi) is 12.2. The van der Waals surface area contributed by atoms with Gasteiger partial charge in [-0.15, -0.1) is 0 Å². The maximum atomic E-state index is 14.2. The summed E-state index contributed by atoms with van der Waals surface area (Å²) in [4.78, 5) is 53.1. The van der Waals surface area contributed by atoms with Gasteiger partial charge in [0.1, 0.15) is 23.2 Å². The van der Waals surface area contributed by atoms with E-state index in [9.17, 15) is 31.9 Å². The lowest BCUT2D eigenvalue weighted by Crippen LogP contribution is -2.31. The molecule has 4 saturated heterocycles. The third-order valence-corrected chi connectivity index (χ3v) is 14.8. The molecule has 19 heteroatoms. The summed E-state index contributed by atoms with van der Waals surface area (Å²) in [6.07, 6.45) is 3.31. The zero-order chi connectivity index (χ0) is 51.0. The van der Waals surface area contributed by atoms with E-state index in [4.69, 9.17) is 19.0 Å². The fraction of sp³-hybridized carbons (Fsp3) is 0.352. The van der Waals surface area contributed by atoms with E-state index in [1.807, 2.05) is 62.9 Å². The number of amides is 3. The molecule has 73 heavy (non-hydrogen) atoms. The van der Waals surface area contributed by atoms with Crippen molar-refractivity contribution in [3.63, 3.8) is 0 Å². The minimum atomic E-state index is -1.01. The topological polar surface area (TPSA) is 161 Å². The zero-order valence-corrected chi connectivity index (χ0v) is 40.9. The molecule has 0 radical (unpaired) electrons. The van der Waals surface area contributed by atoms with Gasteiger partial charge in [-0.2, -0.15) is 0 Å². The SMILES string of the molecule is CC(=O)N1CC[C@@H](n2c([C@@H]3CCC(=O)N3c3ccc(F)c(F)c3)nc3cc(-c4c(C)noc4C)ccc32)C1.Cc1noc(C)c1-c1ccc2c(c1)nc([C@@H]1CCC(=O)N1c1ccc(F)c(F)c1)n2[C@@H]1CCNC1. The van der Waals surface area contributed by atoms with Gasteiger partial charge in [0.25, 0.3) is 0 Å². The van der Waals surface area contributed by atoms with Crippen LogP contribution in [0.15, 0.2) is 81.8 Å². The fourth-order valence-electron chi connectivity index (χ4n) is 11.4. The largest absolute Gasteiger partial charge is 0.361 e. The Labute approximate surface area is 416 Å². The number of halogens is 4. The molecule has 12 rings (SSSR count). The number of imidazole rings is 2. The number of nitrogens with one attached hydrogen (secondary N) is 1. The Hall–Kier alpha value is -7.67. The number of likely N-dealkylation sites (tertiary alicyclic amines) is 1. The molecule has 15 nitrogen and oxygen atoms in total. The standard InChI is InChI=1S/C28H27F2N5O3.C26H25F2N5O2/c1-15-27(16(2)38-32-15)18-4-7-24-23(12-18)31-28(35(24)20-10-11-33(14-20)17(3)36)25-8-9-26(37)34(25)19-5-6-21(29)22(30)13-19;1-14-25(15(2)35-31-14)16-3-6-22-21(11-16)30-26(33(22)18-9-10-29-13-18)23-7-8-24(34)32(23)17-4-5-19(27)20(28)12-17/h4-7,12-13,20,25H,8-11,14H2,1-3H3;3-6,11-12,18,23,29H,7-10,13H2,1-2H3/t20-,25+;18-,23+/m11/s1. The third-order valence-electron chi connectivity index (χ3n) is 14.8. The van der Waals surface area contributed by atoms with E-state index >= 15 is 0 Å². The Morgan fingerprint density at radius 2 is 1.11 bits per heavy atom. The summed E-state index contributed by atoms with van der Waals surface area (Å²) in [5, 5.41) is 11.6. The second-order valence-corrected chi connectivity index (χ2v) is 19.4. The summed E-state index contributed by atoms with van der Waals surface area (Å²) in [6.45, 7) is 12.0. The lowest BCUT2D eigenvalue weighted by Gasteiger charge is -2.27. The molecule has 0 aliphatic carbocycles. The van der Waals surface area contributed by atoms with Gasteiger partial charge in [0, 0.05) is 80.1 Å². The normalized spacial score (nSPS) is 20.1. The van der Waals surface area contributed by atoms with E-state index < -0.39 is 29.3 Å². The van der Waals surface area contributed by atoms with Crippen LogP contribution in [0.2, 0.25) is 0 Å². The van der Waals surface area contributed by atoms with E-state index in [-0.39, 0.29) is 42.3 Å². The minimum Gasteiger partial charge on any atom is -0.361 e. The maximum absolute atomic E-state index is 14.2. The maximum Gasteiger partial charge on any atom is 0.227 e. The van der Waals surface area contributed by atoms with Crippen molar-refractivity contribution < 1.29 is 41.0 Å². The zero-order valence-electron chi connectivity index (χ0n) is 40.9. The van der Waals surface area contributed by atoms with Crippen molar-refractivity contribution in [2.45, 2.75) is 97.3 Å². The van der Waals surface area contributed by atoms with Crippen LogP contribution in [-0.4, -0.2) is 78.2 Å². The fourth-order valence-corrected chi connectivity index (χ4v) is 11.4. The Morgan fingerprint density at radius 3 is 1.52 bits per heavy atom. The second-order valence-electron chi connectivity index (χ2n) is 19.4. The first-order chi connectivity index (χ1) is 35.1. The van der Waals surface area contributed by atoms with E-state index in [0.717, 1.165) is 117 Å². The molecule has 8 heterocycles. The molecular weight excluding hydrogens is 945 g/mol. The lowest BCUT2D eigenvalue weighted by molar-refractivity contribution is -0.128. The minimum absolute atomic E-state index is 0.0126. The van der Waals surface area contributed by atoms with Crippen LogP contribution in [-0.2, 0) is 14.4 Å². The second kappa shape index (κ2) is 18.7. The number of aryl methyl sites for hydroxylation is 4. The number of aromatic nitrogens is 6. The van der Waals surface area contributed by atoms with Crippen molar-refractivity contribution in [2.75, 3.05) is 36.0 Å². The van der Waals surface area contributed by atoms with Gasteiger partial charge in [0.05, 0.1) is 51.6 Å². The number of carbonyl (C=O) groups excluding carboxylic acids is 3. The third kappa shape index (κ3) is 8.42. The van der Waals surface area contributed by atoms with Crippen molar-refractivity contribution in [1.29, 1.82) is 0 Å². The van der Waals surface area contributed by atoms with Crippen molar-refractivity contribution in [1.82, 2.24) is 39.6 Å². The molecule has 4 aromatic carbocycles. The van der Waals surface area contributed by atoms with Crippen LogP contribution in [0.25, 0.3) is 44.3 Å². The van der Waals surface area contributed by atoms with Gasteiger partial charge in [-0.3, -0.25) is 14.4 Å².